The lowest BCUT2D eigenvalue weighted by atomic mass is 10.0. The number of nitrogens with one attached hydrogen (secondary N) is 1. The number of hydrogen-bond acceptors (Lipinski definition) is 5. The van der Waals surface area contributed by atoms with Crippen molar-refractivity contribution >= 4 is 10.9 Å². The molecule has 2 aromatic carbocycles. The smallest absolute Gasteiger partial charge is 0.252 e. The van der Waals surface area contributed by atoms with E-state index in [0.717, 1.165) is 66.5 Å². The van der Waals surface area contributed by atoms with Crippen LogP contribution in [0.5, 0.6) is 0 Å². The van der Waals surface area contributed by atoms with Crippen LogP contribution in [0.4, 0.5) is 0 Å². The third-order valence-corrected chi connectivity index (χ3v) is 7.79. The van der Waals surface area contributed by atoms with Crippen LogP contribution in [0.1, 0.15) is 79.6 Å². The Morgan fingerprint density at radius 3 is 2.65 bits per heavy atom. The van der Waals surface area contributed by atoms with E-state index in [-0.39, 0.29) is 11.6 Å². The first-order valence-electron chi connectivity index (χ1n) is 13.7. The molecule has 0 saturated heterocycles. The first-order chi connectivity index (χ1) is 18.0. The number of aromatic nitrogens is 5. The highest BCUT2D eigenvalue weighted by molar-refractivity contribution is 5.82. The van der Waals surface area contributed by atoms with Gasteiger partial charge in [0, 0.05) is 24.7 Å². The first-order valence-corrected chi connectivity index (χ1v) is 13.7. The second-order valence-corrected chi connectivity index (χ2v) is 10.6. The summed E-state index contributed by atoms with van der Waals surface area (Å²) in [6.07, 6.45) is 7.60. The Balaban J connectivity index is 1.48. The van der Waals surface area contributed by atoms with Crippen LogP contribution in [0.3, 0.4) is 0 Å². The number of hydrogen-bond donors (Lipinski definition) is 1. The Morgan fingerprint density at radius 2 is 1.89 bits per heavy atom. The van der Waals surface area contributed by atoms with E-state index in [0.29, 0.717) is 12.6 Å². The fourth-order valence-electron chi connectivity index (χ4n) is 5.98. The molecule has 1 aliphatic rings. The first kappa shape index (κ1) is 25.3. The lowest BCUT2D eigenvalue weighted by Crippen LogP contribution is -2.39. The topological polar surface area (TPSA) is 79.7 Å². The van der Waals surface area contributed by atoms with Gasteiger partial charge in [0.2, 0.25) is 0 Å². The van der Waals surface area contributed by atoms with Crippen molar-refractivity contribution in [3.05, 3.63) is 87.0 Å². The summed E-state index contributed by atoms with van der Waals surface area (Å²) < 4.78 is 1.98. The van der Waals surface area contributed by atoms with Gasteiger partial charge in [0.1, 0.15) is 0 Å². The van der Waals surface area contributed by atoms with Crippen molar-refractivity contribution < 1.29 is 0 Å². The van der Waals surface area contributed by atoms with Gasteiger partial charge < -0.3 is 4.98 Å². The summed E-state index contributed by atoms with van der Waals surface area (Å²) in [5, 5.41) is 14.1. The summed E-state index contributed by atoms with van der Waals surface area (Å²) in [5.41, 5.74) is 5.33. The van der Waals surface area contributed by atoms with Gasteiger partial charge >= 0.3 is 0 Å². The lowest BCUT2D eigenvalue weighted by Gasteiger charge is -2.35. The van der Waals surface area contributed by atoms with Crippen LogP contribution in [0, 0.1) is 13.8 Å². The predicted octanol–water partition coefficient (Wildman–Crippen LogP) is 5.66. The summed E-state index contributed by atoms with van der Waals surface area (Å²) in [5.74, 6) is 0.911. The number of aromatic amines is 1. The van der Waals surface area contributed by atoms with Gasteiger partial charge in [-0.05, 0) is 78.6 Å². The van der Waals surface area contributed by atoms with E-state index in [1.165, 1.54) is 24.0 Å². The predicted molar refractivity (Wildman–Crippen MR) is 147 cm³/mol. The lowest BCUT2D eigenvalue weighted by molar-refractivity contribution is 0.108. The standard InChI is InChI=1S/C30H38N6O/c1-4-10-27(29-32-33-34-36(29)16-15-23-11-6-5-7-12-23)35(26-13-8-9-14-26)20-25-19-24-18-21(2)17-22(3)28(24)31-30(25)37/h5-7,11-12,17-19,26-27H,4,8-10,13-16,20H2,1-3H3,(H,31,37). The van der Waals surface area contributed by atoms with Gasteiger partial charge in [0.15, 0.2) is 5.82 Å². The van der Waals surface area contributed by atoms with Crippen molar-refractivity contribution in [2.75, 3.05) is 0 Å². The number of nitrogens with zero attached hydrogens (tertiary/aromatic N) is 5. The molecule has 1 fully saturated rings. The summed E-state index contributed by atoms with van der Waals surface area (Å²) >= 11 is 0. The van der Waals surface area contributed by atoms with Crippen LogP contribution in [-0.2, 0) is 19.5 Å². The molecule has 1 unspecified atom stereocenters. The molecule has 2 heterocycles. The van der Waals surface area contributed by atoms with E-state index >= 15 is 0 Å². The Bertz CT molecular complexity index is 1390. The molecule has 2 aromatic heterocycles. The Labute approximate surface area is 218 Å². The molecule has 1 aliphatic carbocycles. The fourth-order valence-corrected chi connectivity index (χ4v) is 5.98. The maximum atomic E-state index is 13.3. The maximum Gasteiger partial charge on any atom is 0.252 e. The summed E-state index contributed by atoms with van der Waals surface area (Å²) in [6, 6.07) is 17.3. The van der Waals surface area contributed by atoms with Gasteiger partial charge in [-0.25, -0.2) is 4.68 Å². The second-order valence-electron chi connectivity index (χ2n) is 10.6. The molecule has 7 nitrogen and oxygen atoms in total. The molecular formula is C30H38N6O. The van der Waals surface area contributed by atoms with Gasteiger partial charge in [-0.15, -0.1) is 5.10 Å². The highest BCUT2D eigenvalue weighted by atomic mass is 16.1. The van der Waals surface area contributed by atoms with Gasteiger partial charge in [-0.3, -0.25) is 9.69 Å². The van der Waals surface area contributed by atoms with Crippen molar-refractivity contribution in [3.8, 4) is 0 Å². The molecule has 1 saturated carbocycles. The summed E-state index contributed by atoms with van der Waals surface area (Å²) in [4.78, 5) is 19.0. The molecule has 37 heavy (non-hydrogen) atoms. The average molecular weight is 499 g/mol. The van der Waals surface area contributed by atoms with Crippen molar-refractivity contribution in [1.82, 2.24) is 30.1 Å². The van der Waals surface area contributed by atoms with Crippen LogP contribution in [-0.4, -0.2) is 36.1 Å². The molecule has 0 bridgehead atoms. The minimum atomic E-state index is 0.00127. The zero-order valence-electron chi connectivity index (χ0n) is 22.3. The number of pyridine rings is 1. The minimum Gasteiger partial charge on any atom is -0.321 e. The third kappa shape index (κ3) is 5.67. The van der Waals surface area contributed by atoms with Crippen molar-refractivity contribution in [3.63, 3.8) is 0 Å². The SMILES string of the molecule is CCCC(c1nnnn1CCc1ccccc1)N(Cc1cc2cc(C)cc(C)c2[nH]c1=O)C1CCCC1. The molecule has 194 valence electrons. The normalized spacial score (nSPS) is 15.1. The van der Waals surface area contributed by atoms with E-state index in [9.17, 15) is 4.79 Å². The molecule has 4 aromatic rings. The molecule has 1 atom stereocenters. The minimum absolute atomic E-state index is 0.00127. The molecule has 1 N–H and O–H groups in total. The van der Waals surface area contributed by atoms with Gasteiger partial charge in [-0.2, -0.15) is 0 Å². The van der Waals surface area contributed by atoms with Crippen molar-refractivity contribution in [2.45, 2.75) is 90.9 Å². The number of tetrazole rings is 1. The molecular weight excluding hydrogens is 460 g/mol. The quantitative estimate of drug-likeness (QED) is 0.305. The zero-order chi connectivity index (χ0) is 25.8. The maximum absolute atomic E-state index is 13.3. The Hall–Kier alpha value is -3.32. The molecule has 0 radical (unpaired) electrons. The Morgan fingerprint density at radius 1 is 1.11 bits per heavy atom. The van der Waals surface area contributed by atoms with E-state index in [1.807, 2.05) is 10.7 Å². The largest absolute Gasteiger partial charge is 0.321 e. The van der Waals surface area contributed by atoms with Crippen molar-refractivity contribution in [2.24, 2.45) is 0 Å². The summed E-state index contributed by atoms with van der Waals surface area (Å²) in [7, 11) is 0. The van der Waals surface area contributed by atoms with Crippen LogP contribution >= 0.6 is 0 Å². The number of H-pyrrole nitrogens is 1. The average Bonchev–Trinajstić information content (AvgIpc) is 3.59. The van der Waals surface area contributed by atoms with Gasteiger partial charge in [0.05, 0.1) is 11.6 Å². The fraction of sp³-hybridized carbons (Fsp3) is 0.467. The molecule has 0 amide bonds. The highest BCUT2D eigenvalue weighted by Gasteiger charge is 2.33. The van der Waals surface area contributed by atoms with Crippen LogP contribution in [0.2, 0.25) is 0 Å². The highest BCUT2D eigenvalue weighted by Crippen LogP contribution is 2.34. The van der Waals surface area contributed by atoms with E-state index < -0.39 is 0 Å². The van der Waals surface area contributed by atoms with Gasteiger partial charge in [-0.1, -0.05) is 68.1 Å². The van der Waals surface area contributed by atoms with Gasteiger partial charge in [0.25, 0.3) is 5.56 Å². The number of rotatable bonds is 10. The van der Waals surface area contributed by atoms with Crippen LogP contribution < -0.4 is 5.56 Å². The zero-order valence-corrected chi connectivity index (χ0v) is 22.3. The van der Waals surface area contributed by atoms with E-state index in [1.54, 1.807) is 0 Å². The van der Waals surface area contributed by atoms with E-state index in [4.69, 9.17) is 0 Å². The third-order valence-electron chi connectivity index (χ3n) is 7.79. The van der Waals surface area contributed by atoms with E-state index in [2.05, 4.69) is 88.6 Å². The summed E-state index contributed by atoms with van der Waals surface area (Å²) in [6.45, 7) is 7.71. The molecule has 0 aliphatic heterocycles. The second kappa shape index (κ2) is 11.4. The molecule has 7 heteroatoms. The monoisotopic (exact) mass is 498 g/mol. The van der Waals surface area contributed by atoms with Crippen LogP contribution in [0.15, 0.2) is 53.3 Å². The number of fused-ring (bicyclic) bond motifs is 1. The molecule has 5 rings (SSSR count). The number of benzene rings is 2. The Kier molecular flexibility index (Phi) is 7.79. The van der Waals surface area contributed by atoms with Crippen LogP contribution in [0.25, 0.3) is 10.9 Å². The van der Waals surface area contributed by atoms with Crippen molar-refractivity contribution in [1.29, 1.82) is 0 Å². The molecule has 0 spiro atoms. The number of aryl methyl sites for hydroxylation is 4.